The van der Waals surface area contributed by atoms with E-state index in [-0.39, 0.29) is 10.8 Å². The Morgan fingerprint density at radius 3 is 2.18 bits per heavy atom. The highest BCUT2D eigenvalue weighted by atomic mass is 32.2. The van der Waals surface area contributed by atoms with E-state index in [4.69, 9.17) is 4.74 Å². The van der Waals surface area contributed by atoms with E-state index in [1.165, 1.54) is 30.3 Å². The molecule has 0 aromatic heterocycles. The minimum absolute atomic E-state index is 0.0174. The molecule has 7 heteroatoms. The number of ether oxygens (including phenoxy) is 1. The fourth-order valence-electron chi connectivity index (χ4n) is 2.28. The van der Waals surface area contributed by atoms with Crippen molar-refractivity contribution in [3.63, 3.8) is 0 Å². The van der Waals surface area contributed by atoms with Gasteiger partial charge in [0.25, 0.3) is 0 Å². The van der Waals surface area contributed by atoms with Crippen molar-refractivity contribution in [1.29, 1.82) is 0 Å². The zero-order valence-corrected chi connectivity index (χ0v) is 16.8. The monoisotopic (exact) mass is 401 g/mol. The Labute approximate surface area is 165 Å². The summed E-state index contributed by atoms with van der Waals surface area (Å²) in [6.07, 6.45) is 3.07. The minimum atomic E-state index is -3.82. The summed E-state index contributed by atoms with van der Waals surface area (Å²) in [5.74, 6) is -1.89. The molecule has 0 aliphatic carbocycles. The van der Waals surface area contributed by atoms with Crippen LogP contribution < -0.4 is 5.32 Å². The SMILES string of the molecule is CC(C)(C)OC(=O)CS(=O)(=O)c1ccc(NC(=O)/C=C/c2ccccc2)cc1. The third-order valence-corrected chi connectivity index (χ3v) is 5.04. The summed E-state index contributed by atoms with van der Waals surface area (Å²) < 4.78 is 29.7. The van der Waals surface area contributed by atoms with Gasteiger partial charge in [-0.15, -0.1) is 0 Å². The third-order valence-electron chi connectivity index (χ3n) is 3.44. The molecule has 0 atom stereocenters. The average molecular weight is 401 g/mol. The van der Waals surface area contributed by atoms with E-state index in [0.29, 0.717) is 5.69 Å². The van der Waals surface area contributed by atoms with Gasteiger partial charge in [0.05, 0.1) is 4.90 Å². The molecule has 1 amide bonds. The van der Waals surface area contributed by atoms with Crippen molar-refractivity contribution in [1.82, 2.24) is 0 Å². The lowest BCUT2D eigenvalue weighted by molar-refractivity contribution is -0.151. The number of benzene rings is 2. The van der Waals surface area contributed by atoms with Gasteiger partial charge in [-0.3, -0.25) is 9.59 Å². The topological polar surface area (TPSA) is 89.5 Å². The van der Waals surface area contributed by atoms with E-state index in [0.717, 1.165) is 5.56 Å². The third kappa shape index (κ3) is 7.00. The van der Waals surface area contributed by atoms with Crippen molar-refractivity contribution in [3.05, 3.63) is 66.2 Å². The Hall–Kier alpha value is -2.93. The normalized spacial score (nSPS) is 12.0. The second-order valence-corrected chi connectivity index (χ2v) is 9.09. The Balaban J connectivity index is 1.99. The van der Waals surface area contributed by atoms with Gasteiger partial charge >= 0.3 is 5.97 Å². The van der Waals surface area contributed by atoms with Crippen LogP contribution in [0.15, 0.2) is 65.6 Å². The number of sulfone groups is 1. The molecule has 6 nitrogen and oxygen atoms in total. The Kier molecular flexibility index (Phi) is 6.75. The summed E-state index contributed by atoms with van der Waals surface area (Å²) in [4.78, 5) is 23.7. The maximum absolute atomic E-state index is 12.3. The number of hydrogen-bond donors (Lipinski definition) is 1. The van der Waals surface area contributed by atoms with Crippen LogP contribution in [0.5, 0.6) is 0 Å². The Morgan fingerprint density at radius 2 is 1.61 bits per heavy atom. The average Bonchev–Trinajstić information content (AvgIpc) is 2.59. The van der Waals surface area contributed by atoms with Crippen LogP contribution in [0.4, 0.5) is 5.69 Å². The van der Waals surface area contributed by atoms with Crippen molar-refractivity contribution >= 4 is 33.5 Å². The van der Waals surface area contributed by atoms with Crippen molar-refractivity contribution in [2.24, 2.45) is 0 Å². The molecule has 0 bridgehead atoms. The molecular formula is C21H23NO5S. The smallest absolute Gasteiger partial charge is 0.322 e. The van der Waals surface area contributed by atoms with Crippen molar-refractivity contribution in [2.75, 3.05) is 11.1 Å². The van der Waals surface area contributed by atoms with Gasteiger partial charge < -0.3 is 10.1 Å². The van der Waals surface area contributed by atoms with Crippen LogP contribution in [-0.2, 0) is 24.2 Å². The fraction of sp³-hybridized carbons (Fsp3) is 0.238. The van der Waals surface area contributed by atoms with E-state index in [9.17, 15) is 18.0 Å². The summed E-state index contributed by atoms with van der Waals surface area (Å²) in [6, 6.07) is 15.0. The van der Waals surface area contributed by atoms with Crippen LogP contribution in [0.3, 0.4) is 0 Å². The second kappa shape index (κ2) is 8.84. The van der Waals surface area contributed by atoms with Crippen molar-refractivity contribution in [2.45, 2.75) is 31.3 Å². The molecule has 2 aromatic rings. The van der Waals surface area contributed by atoms with E-state index in [1.807, 2.05) is 30.3 Å². The summed E-state index contributed by atoms with van der Waals surface area (Å²) in [5, 5.41) is 2.65. The molecule has 0 aliphatic rings. The number of nitrogens with one attached hydrogen (secondary N) is 1. The molecule has 0 aliphatic heterocycles. The number of anilines is 1. The van der Waals surface area contributed by atoms with Crippen molar-refractivity contribution in [3.8, 4) is 0 Å². The predicted octanol–water partition coefficient (Wildman–Crippen LogP) is 3.45. The van der Waals surface area contributed by atoms with Gasteiger partial charge in [-0.1, -0.05) is 30.3 Å². The van der Waals surface area contributed by atoms with Crippen LogP contribution in [0.1, 0.15) is 26.3 Å². The number of rotatable bonds is 6. The Bertz CT molecular complexity index is 956. The first-order valence-corrected chi connectivity index (χ1v) is 10.3. The quantitative estimate of drug-likeness (QED) is 0.591. The van der Waals surface area contributed by atoms with Gasteiger partial charge in [-0.25, -0.2) is 8.42 Å². The lowest BCUT2D eigenvalue weighted by Crippen LogP contribution is -2.28. The van der Waals surface area contributed by atoms with Crippen molar-refractivity contribution < 1.29 is 22.7 Å². The molecule has 1 N–H and O–H groups in total. The molecule has 28 heavy (non-hydrogen) atoms. The van der Waals surface area contributed by atoms with Crippen LogP contribution in [-0.4, -0.2) is 31.6 Å². The molecular weight excluding hydrogens is 378 g/mol. The summed E-state index contributed by atoms with van der Waals surface area (Å²) in [6.45, 7) is 5.00. The standard InChI is InChI=1S/C21H23NO5S/c1-21(2,3)27-20(24)15-28(25,26)18-12-10-17(11-13-18)22-19(23)14-9-16-7-5-4-6-8-16/h4-14H,15H2,1-3H3,(H,22,23)/b14-9+. The zero-order chi connectivity index (χ0) is 20.8. The van der Waals surface area contributed by atoms with E-state index in [2.05, 4.69) is 5.32 Å². The van der Waals surface area contributed by atoms with Gasteiger partial charge in [0, 0.05) is 11.8 Å². The Morgan fingerprint density at radius 1 is 1.00 bits per heavy atom. The van der Waals surface area contributed by atoms with Crippen LogP contribution in [0, 0.1) is 0 Å². The fourth-order valence-corrected chi connectivity index (χ4v) is 3.36. The molecule has 2 rings (SSSR count). The summed E-state index contributed by atoms with van der Waals surface area (Å²) in [7, 11) is -3.82. The van der Waals surface area contributed by atoms with Gasteiger partial charge in [-0.2, -0.15) is 0 Å². The molecule has 0 heterocycles. The highest BCUT2D eigenvalue weighted by Crippen LogP contribution is 2.17. The number of hydrogen-bond acceptors (Lipinski definition) is 5. The second-order valence-electron chi connectivity index (χ2n) is 7.10. The van der Waals surface area contributed by atoms with Crippen LogP contribution in [0.2, 0.25) is 0 Å². The minimum Gasteiger partial charge on any atom is -0.459 e. The molecule has 0 unspecified atom stereocenters. The van der Waals surface area contributed by atoms with E-state index >= 15 is 0 Å². The highest BCUT2D eigenvalue weighted by molar-refractivity contribution is 7.92. The molecule has 0 saturated heterocycles. The first kappa shape index (κ1) is 21.4. The molecule has 0 radical (unpaired) electrons. The van der Waals surface area contributed by atoms with Crippen LogP contribution >= 0.6 is 0 Å². The number of amides is 1. The summed E-state index contributed by atoms with van der Waals surface area (Å²) >= 11 is 0. The van der Waals surface area contributed by atoms with E-state index in [1.54, 1.807) is 26.8 Å². The first-order chi connectivity index (χ1) is 13.0. The maximum Gasteiger partial charge on any atom is 0.322 e. The van der Waals surface area contributed by atoms with Gasteiger partial charge in [0.1, 0.15) is 5.60 Å². The number of carbonyl (C=O) groups excluding carboxylic acids is 2. The molecule has 0 saturated carbocycles. The predicted molar refractivity (Wildman–Crippen MR) is 108 cm³/mol. The largest absolute Gasteiger partial charge is 0.459 e. The lowest BCUT2D eigenvalue weighted by atomic mass is 10.2. The maximum atomic E-state index is 12.3. The van der Waals surface area contributed by atoms with Gasteiger partial charge in [0.15, 0.2) is 15.6 Å². The zero-order valence-electron chi connectivity index (χ0n) is 16.0. The number of esters is 1. The van der Waals surface area contributed by atoms with E-state index < -0.39 is 27.2 Å². The lowest BCUT2D eigenvalue weighted by Gasteiger charge is -2.19. The first-order valence-electron chi connectivity index (χ1n) is 8.64. The molecule has 2 aromatic carbocycles. The summed E-state index contributed by atoms with van der Waals surface area (Å²) in [5.41, 5.74) is 0.578. The molecule has 0 fully saturated rings. The van der Waals surface area contributed by atoms with Gasteiger partial charge in [-0.05, 0) is 56.7 Å². The molecule has 0 spiro atoms. The van der Waals surface area contributed by atoms with Crippen LogP contribution in [0.25, 0.3) is 6.08 Å². The molecule has 148 valence electrons. The number of carbonyl (C=O) groups is 2. The highest BCUT2D eigenvalue weighted by Gasteiger charge is 2.24. The van der Waals surface area contributed by atoms with Gasteiger partial charge in [0.2, 0.25) is 5.91 Å².